The molecule has 0 radical (unpaired) electrons. The van der Waals surface area contributed by atoms with Gasteiger partial charge >= 0.3 is 0 Å². The third kappa shape index (κ3) is 3.11. The SMILES string of the molecule is CC(CN)C(C)Cc1ccc(F)cc1. The minimum atomic E-state index is -0.173. The fourth-order valence-electron chi connectivity index (χ4n) is 1.43. The number of nitrogens with two attached hydrogens (primary N) is 1. The van der Waals surface area contributed by atoms with Gasteiger partial charge in [0.05, 0.1) is 0 Å². The van der Waals surface area contributed by atoms with E-state index >= 15 is 0 Å². The molecule has 0 amide bonds. The van der Waals surface area contributed by atoms with Crippen molar-refractivity contribution in [2.45, 2.75) is 20.3 Å². The number of benzene rings is 1. The molecule has 2 heteroatoms. The highest BCUT2D eigenvalue weighted by atomic mass is 19.1. The number of hydrogen-bond donors (Lipinski definition) is 1. The van der Waals surface area contributed by atoms with Crippen LogP contribution in [-0.4, -0.2) is 6.54 Å². The maximum atomic E-state index is 12.6. The molecular formula is C12H18FN. The van der Waals surface area contributed by atoms with Gasteiger partial charge in [-0.2, -0.15) is 0 Å². The second kappa shape index (κ2) is 5.11. The van der Waals surface area contributed by atoms with Crippen molar-refractivity contribution in [2.75, 3.05) is 6.54 Å². The predicted molar refractivity (Wildman–Crippen MR) is 57.5 cm³/mol. The first-order valence-electron chi connectivity index (χ1n) is 5.08. The van der Waals surface area contributed by atoms with Gasteiger partial charge in [-0.3, -0.25) is 0 Å². The highest BCUT2D eigenvalue weighted by Gasteiger charge is 2.10. The predicted octanol–water partition coefficient (Wildman–Crippen LogP) is 2.60. The van der Waals surface area contributed by atoms with Crippen LogP contribution in [0.1, 0.15) is 19.4 Å². The Morgan fingerprint density at radius 2 is 1.71 bits per heavy atom. The number of halogens is 1. The van der Waals surface area contributed by atoms with E-state index in [0.29, 0.717) is 18.4 Å². The standard InChI is InChI=1S/C12H18FN/c1-9(10(2)8-14)7-11-3-5-12(13)6-4-11/h3-6,9-10H,7-8,14H2,1-2H3. The van der Waals surface area contributed by atoms with Gasteiger partial charge in [-0.25, -0.2) is 4.39 Å². The molecule has 0 saturated heterocycles. The van der Waals surface area contributed by atoms with Crippen LogP contribution in [0.25, 0.3) is 0 Å². The van der Waals surface area contributed by atoms with E-state index in [-0.39, 0.29) is 5.82 Å². The van der Waals surface area contributed by atoms with Gasteiger partial charge in [-0.1, -0.05) is 26.0 Å². The molecule has 1 rings (SSSR count). The first kappa shape index (κ1) is 11.2. The van der Waals surface area contributed by atoms with Gasteiger partial charge < -0.3 is 5.73 Å². The van der Waals surface area contributed by atoms with Crippen molar-refractivity contribution in [3.05, 3.63) is 35.6 Å². The van der Waals surface area contributed by atoms with Crippen LogP contribution in [0.4, 0.5) is 4.39 Å². The summed E-state index contributed by atoms with van der Waals surface area (Å²) < 4.78 is 12.6. The zero-order valence-corrected chi connectivity index (χ0v) is 8.83. The summed E-state index contributed by atoms with van der Waals surface area (Å²) in [6.45, 7) is 5.04. The van der Waals surface area contributed by atoms with Crippen molar-refractivity contribution in [3.8, 4) is 0 Å². The third-order valence-electron chi connectivity index (χ3n) is 2.81. The normalized spacial score (nSPS) is 15.1. The lowest BCUT2D eigenvalue weighted by Crippen LogP contribution is -2.20. The summed E-state index contributed by atoms with van der Waals surface area (Å²) in [6, 6.07) is 6.70. The minimum absolute atomic E-state index is 0.173. The highest BCUT2D eigenvalue weighted by Crippen LogP contribution is 2.16. The van der Waals surface area contributed by atoms with E-state index in [0.717, 1.165) is 6.42 Å². The van der Waals surface area contributed by atoms with Gasteiger partial charge in [0.2, 0.25) is 0 Å². The Hall–Kier alpha value is -0.890. The molecule has 1 aromatic rings. The van der Waals surface area contributed by atoms with Crippen LogP contribution in [0.3, 0.4) is 0 Å². The lowest BCUT2D eigenvalue weighted by Gasteiger charge is -2.17. The zero-order chi connectivity index (χ0) is 10.6. The van der Waals surface area contributed by atoms with Gasteiger partial charge in [0.25, 0.3) is 0 Å². The molecule has 2 unspecified atom stereocenters. The molecule has 0 aliphatic rings. The molecule has 0 aliphatic heterocycles. The van der Waals surface area contributed by atoms with E-state index in [9.17, 15) is 4.39 Å². The molecule has 0 bridgehead atoms. The second-order valence-corrected chi connectivity index (χ2v) is 4.02. The van der Waals surface area contributed by atoms with Crippen molar-refractivity contribution in [2.24, 2.45) is 17.6 Å². The summed E-state index contributed by atoms with van der Waals surface area (Å²) in [5.41, 5.74) is 6.77. The average molecular weight is 195 g/mol. The molecule has 1 aromatic carbocycles. The van der Waals surface area contributed by atoms with E-state index in [2.05, 4.69) is 13.8 Å². The molecule has 0 saturated carbocycles. The van der Waals surface area contributed by atoms with Gasteiger partial charge in [0.1, 0.15) is 5.82 Å². The van der Waals surface area contributed by atoms with Crippen molar-refractivity contribution in [1.82, 2.24) is 0 Å². The van der Waals surface area contributed by atoms with Crippen molar-refractivity contribution in [1.29, 1.82) is 0 Å². The van der Waals surface area contributed by atoms with Crippen molar-refractivity contribution in [3.63, 3.8) is 0 Å². The lowest BCUT2D eigenvalue weighted by atomic mass is 9.90. The first-order chi connectivity index (χ1) is 6.63. The van der Waals surface area contributed by atoms with Gasteiger partial charge in [-0.15, -0.1) is 0 Å². The van der Waals surface area contributed by atoms with E-state index in [1.54, 1.807) is 0 Å². The molecule has 0 aliphatic carbocycles. The largest absolute Gasteiger partial charge is 0.330 e. The van der Waals surface area contributed by atoms with Crippen LogP contribution in [0, 0.1) is 17.7 Å². The van der Waals surface area contributed by atoms with E-state index < -0.39 is 0 Å². The molecule has 2 N–H and O–H groups in total. The molecule has 0 aromatic heterocycles. The molecule has 2 atom stereocenters. The Morgan fingerprint density at radius 1 is 1.14 bits per heavy atom. The second-order valence-electron chi connectivity index (χ2n) is 4.02. The first-order valence-corrected chi connectivity index (χ1v) is 5.08. The maximum absolute atomic E-state index is 12.6. The lowest BCUT2D eigenvalue weighted by molar-refractivity contribution is 0.394. The van der Waals surface area contributed by atoms with Crippen LogP contribution < -0.4 is 5.73 Å². The summed E-state index contributed by atoms with van der Waals surface area (Å²) in [4.78, 5) is 0. The van der Waals surface area contributed by atoms with Crippen LogP contribution in [0.2, 0.25) is 0 Å². The van der Waals surface area contributed by atoms with E-state index in [1.807, 2.05) is 12.1 Å². The van der Waals surface area contributed by atoms with E-state index in [1.165, 1.54) is 17.7 Å². The van der Waals surface area contributed by atoms with Gasteiger partial charge in [-0.05, 0) is 42.5 Å². The highest BCUT2D eigenvalue weighted by molar-refractivity contribution is 5.16. The molecule has 0 fully saturated rings. The summed E-state index contributed by atoms with van der Waals surface area (Å²) in [5, 5.41) is 0. The molecule has 78 valence electrons. The van der Waals surface area contributed by atoms with Crippen LogP contribution in [0.5, 0.6) is 0 Å². The number of rotatable bonds is 4. The van der Waals surface area contributed by atoms with Crippen molar-refractivity contribution < 1.29 is 4.39 Å². The Bertz CT molecular complexity index is 268. The smallest absolute Gasteiger partial charge is 0.123 e. The quantitative estimate of drug-likeness (QED) is 0.785. The summed E-state index contributed by atoms with van der Waals surface area (Å²) in [6.07, 6.45) is 0.971. The third-order valence-corrected chi connectivity index (χ3v) is 2.81. The Balaban J connectivity index is 2.56. The van der Waals surface area contributed by atoms with E-state index in [4.69, 9.17) is 5.73 Å². The maximum Gasteiger partial charge on any atom is 0.123 e. The monoisotopic (exact) mass is 195 g/mol. The summed E-state index contributed by atoms with van der Waals surface area (Å²) >= 11 is 0. The molecular weight excluding hydrogens is 177 g/mol. The Labute approximate surface area is 85.1 Å². The van der Waals surface area contributed by atoms with Crippen LogP contribution in [-0.2, 0) is 6.42 Å². The average Bonchev–Trinajstić information content (AvgIpc) is 2.20. The van der Waals surface area contributed by atoms with Gasteiger partial charge in [0.15, 0.2) is 0 Å². The molecule has 1 nitrogen and oxygen atoms in total. The van der Waals surface area contributed by atoms with Gasteiger partial charge in [0, 0.05) is 0 Å². The zero-order valence-electron chi connectivity index (χ0n) is 8.83. The fraction of sp³-hybridized carbons (Fsp3) is 0.500. The minimum Gasteiger partial charge on any atom is -0.330 e. The van der Waals surface area contributed by atoms with Crippen LogP contribution >= 0.6 is 0 Å². The molecule has 14 heavy (non-hydrogen) atoms. The topological polar surface area (TPSA) is 26.0 Å². The summed E-state index contributed by atoms with van der Waals surface area (Å²) in [5.74, 6) is 0.888. The van der Waals surface area contributed by atoms with Crippen LogP contribution in [0.15, 0.2) is 24.3 Å². The fourth-order valence-corrected chi connectivity index (χ4v) is 1.43. The molecule has 0 heterocycles. The Morgan fingerprint density at radius 3 is 2.21 bits per heavy atom. The molecule has 0 spiro atoms. The Kier molecular flexibility index (Phi) is 4.08. The summed E-state index contributed by atoms with van der Waals surface area (Å²) in [7, 11) is 0. The van der Waals surface area contributed by atoms with Crippen molar-refractivity contribution >= 4 is 0 Å². The number of hydrogen-bond acceptors (Lipinski definition) is 1.